The Morgan fingerprint density at radius 3 is 2.26 bits per heavy atom. The van der Waals surface area contributed by atoms with E-state index in [0.717, 1.165) is 41.4 Å². The highest BCUT2D eigenvalue weighted by molar-refractivity contribution is 5.67. The number of pyridine rings is 1. The zero-order valence-corrected chi connectivity index (χ0v) is 31.8. The van der Waals surface area contributed by atoms with Gasteiger partial charge in [-0.25, -0.2) is 0 Å². The average Bonchev–Trinajstić information content (AvgIpc) is 3.10. The van der Waals surface area contributed by atoms with Crippen LogP contribution in [0.2, 0.25) is 0 Å². The third kappa shape index (κ3) is 7.92. The topological polar surface area (TPSA) is 3.88 Å². The Bertz CT molecular complexity index is 1920. The summed E-state index contributed by atoms with van der Waals surface area (Å²) in [6, 6.07) is 24.1. The Kier molecular flexibility index (Phi) is 11.4. The number of hydrogen-bond donors (Lipinski definition) is 0. The molecule has 0 bridgehead atoms. The van der Waals surface area contributed by atoms with E-state index in [4.69, 9.17) is 6.58 Å². The van der Waals surface area contributed by atoms with Crippen LogP contribution >= 0.6 is 0 Å². The van der Waals surface area contributed by atoms with Gasteiger partial charge in [0, 0.05) is 24.5 Å². The lowest BCUT2D eigenvalue weighted by Gasteiger charge is -2.44. The van der Waals surface area contributed by atoms with Gasteiger partial charge in [-0.1, -0.05) is 127 Å². The number of aromatic nitrogens is 1. The van der Waals surface area contributed by atoms with E-state index in [1.54, 1.807) is 0 Å². The zero-order chi connectivity index (χ0) is 36.1. The zero-order valence-electron chi connectivity index (χ0n) is 31.8. The maximum Gasteiger partial charge on any atom is 0.187 e. The molecule has 2 heterocycles. The lowest BCUT2D eigenvalue weighted by molar-refractivity contribution is -0.877. The number of quaternary nitrogens is 1. The van der Waals surface area contributed by atoms with Gasteiger partial charge in [-0.3, -0.25) is 4.48 Å². The van der Waals surface area contributed by atoms with Crippen LogP contribution in [0.15, 0.2) is 157 Å². The van der Waals surface area contributed by atoms with Crippen LogP contribution in [0, 0.1) is 18.3 Å². The van der Waals surface area contributed by atoms with E-state index in [9.17, 15) is 0 Å². The summed E-state index contributed by atoms with van der Waals surface area (Å²) in [5.74, 6) is 0.304. The van der Waals surface area contributed by atoms with Crippen molar-refractivity contribution in [2.45, 2.75) is 73.8 Å². The standard InChI is InChI=1S/C48H58N2/c1-11-40(31-38(6)48(8,9)33-37(5)44-24-18-17-21-35(44)3)46(34-49-28-27-42(32-43(49)12-2)41-22-15-13-16-23-41)47(39(7)45-26-25-36(45)4)50(10)29-19-14-20-30-50/h13-29,31-32,34,39,47H,5-6,11-12,30,33H2,1-4,7-10H3/q+2/b40-31+,46-34+/t39?,47-,50?/m0/s1. The van der Waals surface area contributed by atoms with E-state index in [-0.39, 0.29) is 11.5 Å². The quantitative estimate of drug-likeness (QED) is 0.0919. The van der Waals surface area contributed by atoms with Crippen molar-refractivity contribution >= 4 is 11.8 Å². The molecule has 1 aromatic heterocycles. The minimum atomic E-state index is -0.173. The highest BCUT2D eigenvalue weighted by Gasteiger charge is 2.43. The summed E-state index contributed by atoms with van der Waals surface area (Å²) in [5.41, 5.74) is 14.0. The first kappa shape index (κ1) is 36.7. The number of nitrogens with zero attached hydrogens (tertiary/aromatic N) is 2. The monoisotopic (exact) mass is 662 g/mol. The molecule has 0 saturated carbocycles. The third-order valence-corrected chi connectivity index (χ3v) is 11.0. The van der Waals surface area contributed by atoms with Crippen molar-refractivity contribution in [1.29, 1.82) is 0 Å². The molecular weight excluding hydrogens is 605 g/mol. The molecule has 0 amide bonds. The van der Waals surface area contributed by atoms with Gasteiger partial charge in [-0.2, -0.15) is 4.57 Å². The summed E-state index contributed by atoms with van der Waals surface area (Å²) < 4.78 is 3.18. The highest BCUT2D eigenvalue weighted by atomic mass is 15.3. The second-order valence-electron chi connectivity index (χ2n) is 15.1. The minimum Gasteiger partial charge on any atom is -0.290 e. The van der Waals surface area contributed by atoms with E-state index >= 15 is 0 Å². The molecular formula is C48H58N2+2. The smallest absolute Gasteiger partial charge is 0.187 e. The van der Waals surface area contributed by atoms with Crippen LogP contribution in [0.5, 0.6) is 0 Å². The molecule has 3 atom stereocenters. The highest BCUT2D eigenvalue weighted by Crippen LogP contribution is 2.42. The molecule has 2 aliphatic rings. The Morgan fingerprint density at radius 2 is 1.66 bits per heavy atom. The van der Waals surface area contributed by atoms with Gasteiger partial charge >= 0.3 is 0 Å². The number of benzene rings is 2. The fourth-order valence-corrected chi connectivity index (χ4v) is 7.79. The molecule has 3 aromatic rings. The van der Waals surface area contributed by atoms with Crippen LogP contribution in [-0.2, 0) is 6.42 Å². The van der Waals surface area contributed by atoms with E-state index in [0.29, 0.717) is 5.92 Å². The molecule has 0 saturated heterocycles. The molecule has 2 nitrogen and oxygen atoms in total. The SMILES string of the molecule is C=C(CC(C)(C)C(=C)/C=C(CC)/C(=C\[n+]1ccc(-c2ccccc2)cc1CC)[C@H](C(C)C1=CC=C1C)[N+]1(C)C=CC=CC1)c1ccccc1C. The molecule has 258 valence electrons. The van der Waals surface area contributed by atoms with Crippen LogP contribution < -0.4 is 4.57 Å². The van der Waals surface area contributed by atoms with Crippen LogP contribution in [0.4, 0.5) is 0 Å². The predicted octanol–water partition coefficient (Wildman–Crippen LogP) is 11.8. The molecule has 2 unspecified atom stereocenters. The predicted molar refractivity (Wildman–Crippen MR) is 216 cm³/mol. The molecule has 0 radical (unpaired) electrons. The van der Waals surface area contributed by atoms with Crippen LogP contribution in [0.1, 0.15) is 71.2 Å². The Morgan fingerprint density at radius 1 is 0.940 bits per heavy atom. The fourth-order valence-electron chi connectivity index (χ4n) is 7.79. The van der Waals surface area contributed by atoms with Gasteiger partial charge < -0.3 is 0 Å². The van der Waals surface area contributed by atoms with Gasteiger partial charge in [0.2, 0.25) is 0 Å². The summed E-state index contributed by atoms with van der Waals surface area (Å²) in [6.45, 7) is 26.3. The van der Waals surface area contributed by atoms with Crippen molar-refractivity contribution in [1.82, 2.24) is 0 Å². The first-order valence-corrected chi connectivity index (χ1v) is 18.4. The molecule has 0 N–H and O–H groups in total. The van der Waals surface area contributed by atoms with Crippen molar-refractivity contribution in [3.05, 3.63) is 173 Å². The minimum absolute atomic E-state index is 0.173. The molecule has 0 fully saturated rings. The van der Waals surface area contributed by atoms with E-state index < -0.39 is 0 Å². The van der Waals surface area contributed by atoms with Gasteiger partial charge in [0.15, 0.2) is 18.1 Å². The van der Waals surface area contributed by atoms with Crippen LogP contribution in [0.3, 0.4) is 0 Å². The normalized spacial score (nSPS) is 19.0. The maximum atomic E-state index is 4.76. The fraction of sp³-hybridized carbons (Fsp3) is 0.312. The molecule has 2 aromatic carbocycles. The van der Waals surface area contributed by atoms with Gasteiger partial charge in [-0.15, -0.1) is 0 Å². The second kappa shape index (κ2) is 15.6. The number of rotatable bonds is 14. The second-order valence-corrected chi connectivity index (χ2v) is 15.1. The molecule has 5 rings (SSSR count). The number of allylic oxidation sites excluding steroid dienone is 8. The maximum absolute atomic E-state index is 4.76. The summed E-state index contributed by atoms with van der Waals surface area (Å²) in [6.07, 6.45) is 23.5. The average molecular weight is 663 g/mol. The first-order valence-electron chi connectivity index (χ1n) is 18.4. The van der Waals surface area contributed by atoms with Gasteiger partial charge in [0.1, 0.15) is 12.6 Å². The molecule has 2 heteroatoms. The number of likely N-dealkylation sites (N-methyl/N-ethyl adjacent to an activating group) is 1. The molecule has 1 aliphatic carbocycles. The molecule has 50 heavy (non-hydrogen) atoms. The first-order chi connectivity index (χ1) is 23.9. The van der Waals surface area contributed by atoms with Crippen molar-refractivity contribution in [2.24, 2.45) is 11.3 Å². The van der Waals surface area contributed by atoms with Gasteiger partial charge in [0.05, 0.1) is 18.8 Å². The van der Waals surface area contributed by atoms with Gasteiger partial charge in [-0.05, 0) is 94.4 Å². The Labute approximate surface area is 303 Å². The van der Waals surface area contributed by atoms with Crippen molar-refractivity contribution < 1.29 is 9.05 Å². The van der Waals surface area contributed by atoms with Crippen molar-refractivity contribution in [3.63, 3.8) is 0 Å². The Hall–Kier alpha value is -4.53. The molecule has 1 aliphatic heterocycles. The lowest BCUT2D eigenvalue weighted by atomic mass is 9.74. The van der Waals surface area contributed by atoms with Crippen molar-refractivity contribution in [3.8, 4) is 11.1 Å². The van der Waals surface area contributed by atoms with E-state index in [2.05, 4.69) is 188 Å². The molecule has 0 spiro atoms. The van der Waals surface area contributed by atoms with E-state index in [1.807, 2.05) is 0 Å². The summed E-state index contributed by atoms with van der Waals surface area (Å²) in [7, 11) is 2.40. The summed E-state index contributed by atoms with van der Waals surface area (Å²) in [4.78, 5) is 0. The lowest BCUT2D eigenvalue weighted by Crippen LogP contribution is -2.54. The summed E-state index contributed by atoms with van der Waals surface area (Å²) in [5, 5.41) is 0. The third-order valence-electron chi connectivity index (χ3n) is 11.0. The van der Waals surface area contributed by atoms with Crippen molar-refractivity contribution in [2.75, 3.05) is 13.6 Å². The summed E-state index contributed by atoms with van der Waals surface area (Å²) >= 11 is 0. The van der Waals surface area contributed by atoms with Crippen LogP contribution in [-0.4, -0.2) is 24.1 Å². The number of aryl methyl sites for hydroxylation is 2. The number of hydrogen-bond acceptors (Lipinski definition) is 0. The van der Waals surface area contributed by atoms with Crippen LogP contribution in [0.25, 0.3) is 22.9 Å². The largest absolute Gasteiger partial charge is 0.290 e. The Balaban J connectivity index is 1.65. The van der Waals surface area contributed by atoms with E-state index in [1.165, 1.54) is 50.2 Å². The van der Waals surface area contributed by atoms with Gasteiger partial charge in [0.25, 0.3) is 0 Å².